The van der Waals surface area contributed by atoms with Crippen molar-refractivity contribution >= 4 is 53.2 Å². The third kappa shape index (κ3) is 9.79. The van der Waals surface area contributed by atoms with E-state index in [0.717, 1.165) is 7.11 Å². The van der Waals surface area contributed by atoms with Crippen LogP contribution in [0.3, 0.4) is 0 Å². The van der Waals surface area contributed by atoms with E-state index in [1.165, 1.54) is 12.1 Å². The lowest BCUT2D eigenvalue weighted by Gasteiger charge is -2.44. The molecule has 1 aromatic rings. The lowest BCUT2D eigenvalue weighted by atomic mass is 9.67. The zero-order chi connectivity index (χ0) is 43.2. The van der Waals surface area contributed by atoms with Gasteiger partial charge in [0.1, 0.15) is 29.2 Å². The van der Waals surface area contributed by atoms with Crippen molar-refractivity contribution in [2.45, 2.75) is 95.4 Å². The third-order valence-corrected chi connectivity index (χ3v) is 11.3. The number of piperidine rings is 3. The Bertz CT molecular complexity index is 1780. The number of nitrogens with one attached hydrogen (secondary N) is 6. The van der Waals surface area contributed by atoms with Gasteiger partial charge in [-0.05, 0) is 56.2 Å². The summed E-state index contributed by atoms with van der Waals surface area (Å²) in [6.45, 7) is 3.02. The quantitative estimate of drug-likeness (QED) is 0.0692. The van der Waals surface area contributed by atoms with Crippen molar-refractivity contribution in [2.75, 3.05) is 33.3 Å². The first kappa shape index (κ1) is 45.2. The number of carbonyl (C=O) groups is 9. The minimum Gasteiger partial charge on any atom is -0.508 e. The first-order chi connectivity index (χ1) is 27.1. The summed E-state index contributed by atoms with van der Waals surface area (Å²) in [5, 5.41) is 55.2. The zero-order valence-corrected chi connectivity index (χ0v) is 32.8. The number of aliphatic carboxylic acids is 3. The molecule has 10 N–H and O–H groups in total. The largest absolute Gasteiger partial charge is 0.508 e. The molecule has 0 radical (unpaired) electrons. The van der Waals surface area contributed by atoms with Gasteiger partial charge < -0.3 is 57.1 Å². The van der Waals surface area contributed by atoms with Gasteiger partial charge in [-0.15, -0.1) is 0 Å². The second-order valence-corrected chi connectivity index (χ2v) is 16.2. The van der Waals surface area contributed by atoms with Crippen LogP contribution >= 0.6 is 0 Å². The van der Waals surface area contributed by atoms with E-state index in [9.17, 15) is 58.5 Å². The van der Waals surface area contributed by atoms with Crippen molar-refractivity contribution in [1.29, 1.82) is 0 Å². The number of Topliss-reactive ketones (excluding diaryl/α,β-unsaturated/α-hetero) is 2. The summed E-state index contributed by atoms with van der Waals surface area (Å²) in [7, 11) is 1.11. The number of ether oxygens (including phenoxy) is 1. The summed E-state index contributed by atoms with van der Waals surface area (Å²) in [6.07, 6.45) is -1.21. The van der Waals surface area contributed by atoms with E-state index in [1.54, 1.807) is 32.9 Å². The highest BCUT2D eigenvalue weighted by molar-refractivity contribution is 6.08. The topological polar surface area (TPSA) is 316 Å². The van der Waals surface area contributed by atoms with Gasteiger partial charge in [-0.1, -0.05) is 32.9 Å². The van der Waals surface area contributed by atoms with Crippen LogP contribution in [0.4, 0.5) is 0 Å². The lowest BCUT2D eigenvalue weighted by Crippen LogP contribution is -2.69. The number of hydrogen-bond donors (Lipinski definition) is 10. The van der Waals surface area contributed by atoms with Gasteiger partial charge in [0.2, 0.25) is 17.7 Å². The molecule has 0 spiro atoms. The number of amides is 3. The van der Waals surface area contributed by atoms with Crippen LogP contribution in [-0.4, -0.2) is 137 Å². The highest BCUT2D eigenvalue weighted by Crippen LogP contribution is 2.38. The van der Waals surface area contributed by atoms with Gasteiger partial charge in [-0.3, -0.25) is 38.4 Å². The molecule has 20 heteroatoms. The molecule has 0 saturated carbocycles. The van der Waals surface area contributed by atoms with Crippen LogP contribution in [0.15, 0.2) is 24.3 Å². The zero-order valence-electron chi connectivity index (χ0n) is 32.8. The number of carboxylic acids is 3. The number of hydrogen-bond acceptors (Lipinski definition) is 14. The second-order valence-electron chi connectivity index (χ2n) is 16.2. The number of ketones is 2. The van der Waals surface area contributed by atoms with Crippen molar-refractivity contribution in [3.63, 3.8) is 0 Å². The number of esters is 1. The Kier molecular flexibility index (Phi) is 14.0. The van der Waals surface area contributed by atoms with E-state index >= 15 is 0 Å². The number of aromatic hydroxyl groups is 1. The molecule has 318 valence electrons. The van der Waals surface area contributed by atoms with Crippen LogP contribution in [-0.2, 0) is 54.3 Å². The minimum absolute atomic E-state index is 0.00385. The van der Waals surface area contributed by atoms with Gasteiger partial charge in [0.15, 0.2) is 17.1 Å². The number of carboxylic acid groups (broad SMARTS) is 3. The van der Waals surface area contributed by atoms with Crippen LogP contribution in [0.1, 0.15) is 64.9 Å². The van der Waals surface area contributed by atoms with Crippen molar-refractivity contribution in [2.24, 2.45) is 16.2 Å². The molecule has 3 fully saturated rings. The summed E-state index contributed by atoms with van der Waals surface area (Å²) >= 11 is 0. The molecular weight excluding hydrogens is 764 g/mol. The molecule has 3 amide bonds. The van der Waals surface area contributed by atoms with Gasteiger partial charge in [0.25, 0.3) is 0 Å². The number of rotatable bonds is 15. The van der Waals surface area contributed by atoms with E-state index in [0.29, 0.717) is 5.56 Å². The molecule has 58 heavy (non-hydrogen) atoms. The Hall–Kier alpha value is -5.47. The fraction of sp³-hybridized carbons (Fsp3) is 0.605. The Balaban J connectivity index is 1.45. The van der Waals surface area contributed by atoms with Crippen molar-refractivity contribution in [3.8, 4) is 5.75 Å². The van der Waals surface area contributed by atoms with Crippen LogP contribution < -0.4 is 31.9 Å². The number of carbonyl (C=O) groups excluding carboxylic acids is 6. The standard InChI is InChI=1S/C38H52N6O14/c1-35(2,3)31(52)43-25(15-20-5-7-21(45)8-6-20)30(51)44-38(34(57)58-4)14-11-23(42-19-38)28(49)36(32(53)54)12-9-22(40-17-36)27(48)37(33(55)56)13-10-24(41-18-37)29(50)39-16-26(46)47/h5-8,22-25,40-42,45H,9-19H2,1-4H3,(H,39,50)(H,43,52)(H,44,51)(H,46,47)(H,53,54)(H,55,56)/t22-,23-,24-,25-,36+,37+,38-/m0/s1. The Labute approximate surface area is 333 Å². The molecule has 1 aromatic carbocycles. The summed E-state index contributed by atoms with van der Waals surface area (Å²) in [4.78, 5) is 116. The van der Waals surface area contributed by atoms with Gasteiger partial charge in [-0.2, -0.15) is 0 Å². The average molecular weight is 817 g/mol. The normalized spacial score (nSPS) is 27.8. The highest BCUT2D eigenvalue weighted by atomic mass is 16.5. The van der Waals surface area contributed by atoms with E-state index in [4.69, 9.17) is 9.84 Å². The molecule has 3 aliphatic heterocycles. The predicted octanol–water partition coefficient (Wildman–Crippen LogP) is -1.77. The second kappa shape index (κ2) is 18.0. The van der Waals surface area contributed by atoms with E-state index in [2.05, 4.69) is 31.9 Å². The SMILES string of the molecule is COC(=O)[C@]1(NC(=O)[C@H](Cc2ccc(O)cc2)NC(=O)C(C)(C)C)CC[C@@H](C(=O)[C@@]2(C(=O)O)CC[C@@H](C(=O)[C@@]3(C(=O)O)CC[C@@H](C(=O)NCC(=O)O)NC3)NC2)NC1. The average Bonchev–Trinajstić information content (AvgIpc) is 3.19. The molecule has 0 bridgehead atoms. The molecular formula is C38H52N6O14. The maximum absolute atomic E-state index is 14.1. The van der Waals surface area contributed by atoms with Gasteiger partial charge in [-0.25, -0.2) is 4.79 Å². The molecule has 0 unspecified atom stereocenters. The van der Waals surface area contributed by atoms with Gasteiger partial charge in [0.05, 0.1) is 25.2 Å². The molecule has 3 aliphatic rings. The van der Waals surface area contributed by atoms with E-state index in [-0.39, 0.29) is 57.2 Å². The Morgan fingerprint density at radius 2 is 1.28 bits per heavy atom. The van der Waals surface area contributed by atoms with Crippen LogP contribution in [0.2, 0.25) is 0 Å². The summed E-state index contributed by atoms with van der Waals surface area (Å²) in [5.74, 6) is -8.44. The van der Waals surface area contributed by atoms with Gasteiger partial charge >= 0.3 is 23.9 Å². The Morgan fingerprint density at radius 3 is 1.69 bits per heavy atom. The summed E-state index contributed by atoms with van der Waals surface area (Å²) in [6, 6.07) is 1.61. The maximum atomic E-state index is 14.1. The van der Waals surface area contributed by atoms with Gasteiger partial charge in [0, 0.05) is 31.5 Å². The fourth-order valence-corrected chi connectivity index (χ4v) is 7.56. The van der Waals surface area contributed by atoms with Crippen molar-refractivity contribution < 1.29 is 68.3 Å². The van der Waals surface area contributed by atoms with Crippen molar-refractivity contribution in [3.05, 3.63) is 29.8 Å². The maximum Gasteiger partial charge on any atom is 0.332 e. The van der Waals surface area contributed by atoms with Crippen LogP contribution in [0.5, 0.6) is 5.75 Å². The third-order valence-electron chi connectivity index (χ3n) is 11.3. The summed E-state index contributed by atoms with van der Waals surface area (Å²) in [5.41, 5.74) is -6.05. The number of phenolic OH excluding ortho intramolecular Hbond substituents is 1. The fourth-order valence-electron chi connectivity index (χ4n) is 7.56. The molecule has 4 rings (SSSR count). The first-order valence-electron chi connectivity index (χ1n) is 18.9. The molecule has 3 heterocycles. The smallest absolute Gasteiger partial charge is 0.332 e. The molecule has 3 saturated heterocycles. The van der Waals surface area contributed by atoms with Crippen LogP contribution in [0.25, 0.3) is 0 Å². The Morgan fingerprint density at radius 1 is 0.776 bits per heavy atom. The monoisotopic (exact) mass is 816 g/mol. The number of benzene rings is 1. The van der Waals surface area contributed by atoms with E-state index < -0.39 is 119 Å². The molecule has 20 nitrogen and oxygen atoms in total. The summed E-state index contributed by atoms with van der Waals surface area (Å²) < 4.78 is 5.04. The van der Waals surface area contributed by atoms with Crippen molar-refractivity contribution in [1.82, 2.24) is 31.9 Å². The minimum atomic E-state index is -2.05. The predicted molar refractivity (Wildman–Crippen MR) is 200 cm³/mol. The molecule has 7 atom stereocenters. The lowest BCUT2D eigenvalue weighted by molar-refractivity contribution is -0.163. The van der Waals surface area contributed by atoms with E-state index in [1.807, 2.05) is 0 Å². The number of methoxy groups -OCH3 is 1. The first-order valence-corrected chi connectivity index (χ1v) is 18.9. The number of phenols is 1. The molecule has 0 aliphatic carbocycles. The van der Waals surface area contributed by atoms with Crippen LogP contribution in [0, 0.1) is 16.2 Å². The molecule has 0 aromatic heterocycles. The highest BCUT2D eigenvalue weighted by Gasteiger charge is 2.57.